The summed E-state index contributed by atoms with van der Waals surface area (Å²) < 4.78 is 0. The lowest BCUT2D eigenvalue weighted by molar-refractivity contribution is 0.0357. The summed E-state index contributed by atoms with van der Waals surface area (Å²) in [5.74, 6) is 0.992. The molecule has 0 radical (unpaired) electrons. The first kappa shape index (κ1) is 15.3. The Labute approximate surface area is 120 Å². The maximum absolute atomic E-state index is 3.84. The molecule has 1 heterocycles. The summed E-state index contributed by atoms with van der Waals surface area (Å²) in [6.07, 6.45) is 11.5. The fourth-order valence-corrected chi connectivity index (χ4v) is 4.03. The van der Waals surface area contributed by atoms with Gasteiger partial charge in [-0.15, -0.1) is 0 Å². The highest BCUT2D eigenvalue weighted by Crippen LogP contribution is 2.45. The van der Waals surface area contributed by atoms with E-state index in [2.05, 4.69) is 31.1 Å². The molecule has 1 aliphatic carbocycles. The van der Waals surface area contributed by atoms with Crippen LogP contribution >= 0.6 is 0 Å². The van der Waals surface area contributed by atoms with Gasteiger partial charge in [0.2, 0.25) is 0 Å². The van der Waals surface area contributed by atoms with E-state index in [9.17, 15) is 0 Å². The molecule has 19 heavy (non-hydrogen) atoms. The van der Waals surface area contributed by atoms with Crippen molar-refractivity contribution >= 4 is 0 Å². The van der Waals surface area contributed by atoms with Crippen molar-refractivity contribution in [3.63, 3.8) is 0 Å². The first-order valence-electron chi connectivity index (χ1n) is 8.58. The second-order valence-electron chi connectivity index (χ2n) is 7.19. The molecule has 1 atom stereocenters. The monoisotopic (exact) mass is 266 g/mol. The lowest BCUT2D eigenvalue weighted by Gasteiger charge is -2.48. The van der Waals surface area contributed by atoms with Gasteiger partial charge >= 0.3 is 0 Å². The standard InChI is InChI=1S/C17H34N2/c1-4-15(2)18-14-17(10-12-19(3)13-11-17)16-8-6-5-7-9-16/h15-16,18H,4-14H2,1-3H3. The average Bonchev–Trinajstić information content (AvgIpc) is 2.47. The topological polar surface area (TPSA) is 15.3 Å². The Hall–Kier alpha value is -0.0800. The van der Waals surface area contributed by atoms with Gasteiger partial charge in [-0.05, 0) is 70.5 Å². The molecule has 2 nitrogen and oxygen atoms in total. The molecule has 0 bridgehead atoms. The number of hydrogen-bond donors (Lipinski definition) is 1. The second-order valence-corrected chi connectivity index (χ2v) is 7.19. The Morgan fingerprint density at radius 2 is 1.79 bits per heavy atom. The number of rotatable bonds is 5. The van der Waals surface area contributed by atoms with Crippen LogP contribution in [0.4, 0.5) is 0 Å². The first-order chi connectivity index (χ1) is 9.16. The van der Waals surface area contributed by atoms with Crippen LogP contribution < -0.4 is 5.32 Å². The van der Waals surface area contributed by atoms with Crippen LogP contribution in [0.2, 0.25) is 0 Å². The summed E-state index contributed by atoms with van der Waals surface area (Å²) in [5.41, 5.74) is 0.607. The van der Waals surface area contributed by atoms with Crippen molar-refractivity contribution in [2.24, 2.45) is 11.3 Å². The van der Waals surface area contributed by atoms with Gasteiger partial charge in [0.15, 0.2) is 0 Å². The molecule has 0 amide bonds. The molecular weight excluding hydrogens is 232 g/mol. The molecule has 1 unspecified atom stereocenters. The molecule has 2 rings (SSSR count). The summed E-state index contributed by atoms with van der Waals surface area (Å²) in [4.78, 5) is 2.52. The van der Waals surface area contributed by atoms with Crippen LogP contribution in [-0.2, 0) is 0 Å². The van der Waals surface area contributed by atoms with E-state index in [1.165, 1.54) is 71.0 Å². The van der Waals surface area contributed by atoms with Gasteiger partial charge in [0.1, 0.15) is 0 Å². The molecule has 1 saturated heterocycles. The van der Waals surface area contributed by atoms with Crippen LogP contribution in [0.3, 0.4) is 0 Å². The molecule has 1 aliphatic heterocycles. The molecule has 2 heteroatoms. The SMILES string of the molecule is CCC(C)NCC1(C2CCCCC2)CCN(C)CC1. The number of nitrogens with zero attached hydrogens (tertiary/aromatic N) is 1. The normalized spacial score (nSPS) is 27.3. The van der Waals surface area contributed by atoms with E-state index in [0.29, 0.717) is 11.5 Å². The van der Waals surface area contributed by atoms with Gasteiger partial charge < -0.3 is 10.2 Å². The van der Waals surface area contributed by atoms with Crippen LogP contribution in [0.25, 0.3) is 0 Å². The van der Waals surface area contributed by atoms with Crippen molar-refractivity contribution in [2.75, 3.05) is 26.7 Å². The summed E-state index contributed by atoms with van der Waals surface area (Å²) in [6, 6.07) is 0.681. The Bertz CT molecular complexity index is 250. The highest BCUT2D eigenvalue weighted by molar-refractivity contribution is 4.94. The van der Waals surface area contributed by atoms with Crippen molar-refractivity contribution in [1.82, 2.24) is 10.2 Å². The molecule has 0 spiro atoms. The van der Waals surface area contributed by atoms with Gasteiger partial charge in [-0.25, -0.2) is 0 Å². The van der Waals surface area contributed by atoms with E-state index < -0.39 is 0 Å². The highest BCUT2D eigenvalue weighted by atomic mass is 15.1. The van der Waals surface area contributed by atoms with E-state index in [0.717, 1.165) is 5.92 Å². The summed E-state index contributed by atoms with van der Waals surface area (Å²) in [5, 5.41) is 3.84. The lowest BCUT2D eigenvalue weighted by Crippen LogP contribution is -2.50. The third-order valence-electron chi connectivity index (χ3n) is 5.87. The van der Waals surface area contributed by atoms with Gasteiger partial charge in [-0.1, -0.05) is 26.2 Å². The molecule has 1 N–H and O–H groups in total. The minimum atomic E-state index is 0.607. The van der Waals surface area contributed by atoms with E-state index in [1.807, 2.05) is 0 Å². The summed E-state index contributed by atoms with van der Waals surface area (Å²) >= 11 is 0. The number of piperidine rings is 1. The smallest absolute Gasteiger partial charge is 0.00363 e. The molecule has 2 aliphatic rings. The van der Waals surface area contributed by atoms with E-state index in [1.54, 1.807) is 0 Å². The van der Waals surface area contributed by atoms with E-state index in [4.69, 9.17) is 0 Å². The minimum Gasteiger partial charge on any atom is -0.314 e. The van der Waals surface area contributed by atoms with Crippen LogP contribution in [0.15, 0.2) is 0 Å². The Balaban J connectivity index is 1.99. The van der Waals surface area contributed by atoms with Crippen LogP contribution in [0.5, 0.6) is 0 Å². The van der Waals surface area contributed by atoms with Crippen LogP contribution in [0.1, 0.15) is 65.2 Å². The summed E-state index contributed by atoms with van der Waals surface area (Å²) in [6.45, 7) is 8.50. The van der Waals surface area contributed by atoms with Crippen molar-refractivity contribution in [3.8, 4) is 0 Å². The van der Waals surface area contributed by atoms with Crippen molar-refractivity contribution in [2.45, 2.75) is 71.3 Å². The zero-order chi connectivity index (χ0) is 13.7. The van der Waals surface area contributed by atoms with E-state index >= 15 is 0 Å². The van der Waals surface area contributed by atoms with Gasteiger partial charge in [-0.2, -0.15) is 0 Å². The van der Waals surface area contributed by atoms with Crippen molar-refractivity contribution < 1.29 is 0 Å². The fourth-order valence-electron chi connectivity index (χ4n) is 4.03. The van der Waals surface area contributed by atoms with Crippen molar-refractivity contribution in [3.05, 3.63) is 0 Å². The predicted molar refractivity (Wildman–Crippen MR) is 83.5 cm³/mol. The minimum absolute atomic E-state index is 0.607. The molecule has 1 saturated carbocycles. The first-order valence-corrected chi connectivity index (χ1v) is 8.58. The third kappa shape index (κ3) is 3.95. The van der Waals surface area contributed by atoms with Gasteiger partial charge in [0.05, 0.1) is 0 Å². The van der Waals surface area contributed by atoms with Crippen LogP contribution in [-0.4, -0.2) is 37.6 Å². The van der Waals surface area contributed by atoms with Gasteiger partial charge in [-0.3, -0.25) is 0 Å². The quantitative estimate of drug-likeness (QED) is 0.817. The Morgan fingerprint density at radius 3 is 2.37 bits per heavy atom. The molecule has 0 aromatic rings. The van der Waals surface area contributed by atoms with Gasteiger partial charge in [0.25, 0.3) is 0 Å². The zero-order valence-electron chi connectivity index (χ0n) is 13.4. The lowest BCUT2D eigenvalue weighted by atomic mass is 9.63. The van der Waals surface area contributed by atoms with Crippen molar-refractivity contribution in [1.29, 1.82) is 0 Å². The fraction of sp³-hybridized carbons (Fsp3) is 1.00. The molecule has 2 fully saturated rings. The zero-order valence-corrected chi connectivity index (χ0v) is 13.4. The maximum Gasteiger partial charge on any atom is 0.00363 e. The Kier molecular flexibility index (Phi) is 5.70. The average molecular weight is 266 g/mol. The highest BCUT2D eigenvalue weighted by Gasteiger charge is 2.40. The number of likely N-dealkylation sites (tertiary alicyclic amines) is 1. The Morgan fingerprint density at radius 1 is 1.16 bits per heavy atom. The molecule has 0 aromatic carbocycles. The van der Waals surface area contributed by atoms with Gasteiger partial charge in [0, 0.05) is 12.6 Å². The maximum atomic E-state index is 3.84. The van der Waals surface area contributed by atoms with E-state index in [-0.39, 0.29) is 0 Å². The summed E-state index contributed by atoms with van der Waals surface area (Å²) in [7, 11) is 2.28. The third-order valence-corrected chi connectivity index (χ3v) is 5.87. The van der Waals surface area contributed by atoms with Crippen LogP contribution in [0, 0.1) is 11.3 Å². The largest absolute Gasteiger partial charge is 0.314 e. The molecule has 112 valence electrons. The molecular formula is C17H34N2. The predicted octanol–water partition coefficient (Wildman–Crippen LogP) is 3.67. The number of nitrogens with one attached hydrogen (secondary N) is 1. The second kappa shape index (κ2) is 7.08. The molecule has 0 aromatic heterocycles. The number of hydrogen-bond acceptors (Lipinski definition) is 2.